The minimum atomic E-state index is -0.499. The Morgan fingerprint density at radius 3 is 2.59 bits per heavy atom. The van der Waals surface area contributed by atoms with Gasteiger partial charge in [-0.25, -0.2) is 4.98 Å². The summed E-state index contributed by atoms with van der Waals surface area (Å²) in [5.41, 5.74) is 4.31. The molecular weight excluding hydrogens is 370 g/mol. The molecule has 1 heterocycles. The Balaban J connectivity index is 1.62. The largest absolute Gasteiger partial charge is 0.436 e. The van der Waals surface area contributed by atoms with Crippen LogP contribution in [0.4, 0.5) is 11.4 Å². The second-order valence-electron chi connectivity index (χ2n) is 6.73. The third-order valence-electron chi connectivity index (χ3n) is 4.69. The van der Waals surface area contributed by atoms with Gasteiger partial charge in [0.15, 0.2) is 5.58 Å². The van der Waals surface area contributed by atoms with Gasteiger partial charge < -0.3 is 9.73 Å². The van der Waals surface area contributed by atoms with Gasteiger partial charge in [-0.3, -0.25) is 14.9 Å². The first-order valence-corrected chi connectivity index (χ1v) is 8.95. The quantitative estimate of drug-likeness (QED) is 0.380. The highest BCUT2D eigenvalue weighted by molar-refractivity contribution is 6.05. The number of nitro benzene ring substituents is 1. The van der Waals surface area contributed by atoms with Crippen molar-refractivity contribution >= 4 is 28.4 Å². The van der Waals surface area contributed by atoms with Gasteiger partial charge in [0.05, 0.1) is 4.92 Å². The van der Waals surface area contributed by atoms with E-state index in [4.69, 9.17) is 4.42 Å². The summed E-state index contributed by atoms with van der Waals surface area (Å²) in [6.45, 7) is 3.61. The minimum Gasteiger partial charge on any atom is -0.436 e. The van der Waals surface area contributed by atoms with Gasteiger partial charge in [-0.2, -0.15) is 0 Å². The van der Waals surface area contributed by atoms with Gasteiger partial charge in [0.25, 0.3) is 11.6 Å². The van der Waals surface area contributed by atoms with E-state index < -0.39 is 10.8 Å². The Bertz CT molecular complexity index is 1260. The summed E-state index contributed by atoms with van der Waals surface area (Å²) in [6, 6.07) is 17.3. The van der Waals surface area contributed by atoms with Crippen LogP contribution in [0.3, 0.4) is 0 Å². The number of nitrogens with one attached hydrogen (secondary N) is 1. The molecule has 1 amide bonds. The molecule has 4 rings (SSSR count). The first-order chi connectivity index (χ1) is 13.9. The van der Waals surface area contributed by atoms with Crippen LogP contribution in [-0.4, -0.2) is 15.8 Å². The lowest BCUT2D eigenvalue weighted by Gasteiger charge is -2.06. The molecule has 144 valence electrons. The molecule has 7 heteroatoms. The van der Waals surface area contributed by atoms with Crippen molar-refractivity contribution in [3.05, 3.63) is 87.5 Å². The number of anilines is 1. The molecule has 0 radical (unpaired) electrons. The van der Waals surface area contributed by atoms with E-state index in [2.05, 4.69) is 10.3 Å². The van der Waals surface area contributed by atoms with E-state index in [0.29, 0.717) is 28.2 Å². The number of hydrogen-bond donors (Lipinski definition) is 1. The van der Waals surface area contributed by atoms with Crippen molar-refractivity contribution in [2.75, 3.05) is 5.32 Å². The zero-order chi connectivity index (χ0) is 20.5. The topological polar surface area (TPSA) is 98.3 Å². The SMILES string of the molecule is Cc1ccccc1-c1nc2cc(NC(=O)c3ccc(C)c([N+](=O)[O-])c3)ccc2o1. The highest BCUT2D eigenvalue weighted by Crippen LogP contribution is 2.28. The monoisotopic (exact) mass is 387 g/mol. The van der Waals surface area contributed by atoms with E-state index in [1.807, 2.05) is 31.2 Å². The number of carbonyl (C=O) groups excluding carboxylic acids is 1. The summed E-state index contributed by atoms with van der Waals surface area (Å²) in [6.07, 6.45) is 0. The van der Waals surface area contributed by atoms with Crippen molar-refractivity contribution in [1.82, 2.24) is 4.98 Å². The fraction of sp³-hybridized carbons (Fsp3) is 0.0909. The maximum absolute atomic E-state index is 12.5. The second-order valence-corrected chi connectivity index (χ2v) is 6.73. The Morgan fingerprint density at radius 2 is 1.83 bits per heavy atom. The highest BCUT2D eigenvalue weighted by atomic mass is 16.6. The molecule has 0 bridgehead atoms. The summed E-state index contributed by atoms with van der Waals surface area (Å²) in [5.74, 6) is 0.0748. The standard InChI is InChI=1S/C22H17N3O4/c1-13-5-3-4-6-17(13)22-24-18-12-16(9-10-20(18)29-22)23-21(26)15-8-7-14(2)19(11-15)25(27)28/h3-12H,1-2H3,(H,23,26). The Labute approximate surface area is 166 Å². The first kappa shape index (κ1) is 18.4. The average molecular weight is 387 g/mol. The lowest BCUT2D eigenvalue weighted by molar-refractivity contribution is -0.385. The van der Waals surface area contributed by atoms with E-state index in [1.54, 1.807) is 37.3 Å². The fourth-order valence-electron chi connectivity index (χ4n) is 3.08. The van der Waals surface area contributed by atoms with E-state index >= 15 is 0 Å². The van der Waals surface area contributed by atoms with Crippen LogP contribution in [0.5, 0.6) is 0 Å². The van der Waals surface area contributed by atoms with Crippen molar-refractivity contribution in [2.45, 2.75) is 13.8 Å². The molecular formula is C22H17N3O4. The molecule has 1 N–H and O–H groups in total. The van der Waals surface area contributed by atoms with Crippen LogP contribution in [0.2, 0.25) is 0 Å². The molecule has 0 aliphatic carbocycles. The zero-order valence-corrected chi connectivity index (χ0v) is 15.8. The first-order valence-electron chi connectivity index (χ1n) is 8.95. The summed E-state index contributed by atoms with van der Waals surface area (Å²) >= 11 is 0. The Kier molecular flexibility index (Phi) is 4.56. The summed E-state index contributed by atoms with van der Waals surface area (Å²) in [5, 5.41) is 13.9. The van der Waals surface area contributed by atoms with Crippen LogP contribution in [-0.2, 0) is 0 Å². The van der Waals surface area contributed by atoms with Gasteiger partial charge >= 0.3 is 0 Å². The number of benzene rings is 3. The third-order valence-corrected chi connectivity index (χ3v) is 4.69. The van der Waals surface area contributed by atoms with Gasteiger partial charge in [-0.05, 0) is 49.7 Å². The molecule has 0 fully saturated rings. The maximum Gasteiger partial charge on any atom is 0.273 e. The van der Waals surface area contributed by atoms with Crippen molar-refractivity contribution < 1.29 is 14.1 Å². The third kappa shape index (κ3) is 3.58. The molecule has 0 saturated carbocycles. The van der Waals surface area contributed by atoms with Crippen molar-refractivity contribution in [3.8, 4) is 11.5 Å². The molecule has 29 heavy (non-hydrogen) atoms. The van der Waals surface area contributed by atoms with Gasteiger partial charge in [0.2, 0.25) is 5.89 Å². The molecule has 0 spiro atoms. The molecule has 0 unspecified atom stereocenters. The predicted octanol–water partition coefficient (Wildman–Crippen LogP) is 5.27. The average Bonchev–Trinajstić information content (AvgIpc) is 3.11. The zero-order valence-electron chi connectivity index (χ0n) is 15.8. The van der Waals surface area contributed by atoms with Gasteiger partial charge in [-0.15, -0.1) is 0 Å². The molecule has 3 aromatic carbocycles. The van der Waals surface area contributed by atoms with Crippen molar-refractivity contribution in [1.29, 1.82) is 0 Å². The number of oxazole rings is 1. The van der Waals surface area contributed by atoms with E-state index in [0.717, 1.165) is 11.1 Å². The summed E-state index contributed by atoms with van der Waals surface area (Å²) in [4.78, 5) is 27.7. The van der Waals surface area contributed by atoms with Crippen LogP contribution < -0.4 is 5.32 Å². The molecule has 0 aliphatic heterocycles. The lowest BCUT2D eigenvalue weighted by atomic mass is 10.1. The molecule has 0 saturated heterocycles. The van der Waals surface area contributed by atoms with Crippen molar-refractivity contribution in [3.63, 3.8) is 0 Å². The number of rotatable bonds is 4. The van der Waals surface area contributed by atoms with Crippen molar-refractivity contribution in [2.24, 2.45) is 0 Å². The van der Waals surface area contributed by atoms with Gasteiger partial charge in [0, 0.05) is 28.4 Å². The normalized spacial score (nSPS) is 10.8. The number of nitrogens with zero attached hydrogens (tertiary/aromatic N) is 2. The summed E-state index contributed by atoms with van der Waals surface area (Å²) in [7, 11) is 0. The van der Waals surface area contributed by atoms with E-state index in [-0.39, 0.29) is 11.3 Å². The number of aryl methyl sites for hydroxylation is 2. The molecule has 4 aromatic rings. The number of carbonyl (C=O) groups is 1. The minimum absolute atomic E-state index is 0.0903. The van der Waals surface area contributed by atoms with Crippen LogP contribution in [0.25, 0.3) is 22.6 Å². The lowest BCUT2D eigenvalue weighted by Crippen LogP contribution is -2.12. The van der Waals surface area contributed by atoms with Gasteiger partial charge in [0.1, 0.15) is 5.52 Å². The maximum atomic E-state index is 12.5. The van der Waals surface area contributed by atoms with Crippen LogP contribution in [0.1, 0.15) is 21.5 Å². The van der Waals surface area contributed by atoms with Crippen LogP contribution in [0.15, 0.2) is 65.1 Å². The second kappa shape index (κ2) is 7.20. The number of nitro groups is 1. The Hall–Kier alpha value is -4.00. The predicted molar refractivity (Wildman–Crippen MR) is 110 cm³/mol. The Morgan fingerprint density at radius 1 is 1.03 bits per heavy atom. The van der Waals surface area contributed by atoms with Gasteiger partial charge in [-0.1, -0.05) is 24.3 Å². The summed E-state index contributed by atoms with van der Waals surface area (Å²) < 4.78 is 5.84. The fourth-order valence-corrected chi connectivity index (χ4v) is 3.08. The number of hydrogen-bond acceptors (Lipinski definition) is 5. The molecule has 1 aromatic heterocycles. The van der Waals surface area contributed by atoms with E-state index in [9.17, 15) is 14.9 Å². The molecule has 0 aliphatic rings. The van der Waals surface area contributed by atoms with Crippen LogP contribution in [0, 0.1) is 24.0 Å². The highest BCUT2D eigenvalue weighted by Gasteiger charge is 2.16. The number of fused-ring (bicyclic) bond motifs is 1. The van der Waals surface area contributed by atoms with Crippen LogP contribution >= 0.6 is 0 Å². The number of aromatic nitrogens is 1. The molecule has 7 nitrogen and oxygen atoms in total. The van der Waals surface area contributed by atoms with E-state index in [1.165, 1.54) is 6.07 Å². The number of amides is 1. The molecule has 0 atom stereocenters. The smallest absolute Gasteiger partial charge is 0.273 e.